The minimum absolute atomic E-state index is 0.0553. The molecule has 0 fully saturated rings. The quantitative estimate of drug-likeness (QED) is 0.151. The SMILES string of the molecule is CCCCCCCCCCCCCCCCCCOC[C@H](CO)OCc1ccc(Cl)c(Cl)c1. The first-order chi connectivity index (χ1) is 16.2. The zero-order chi connectivity index (χ0) is 24.0. The molecular weight excluding hydrogens is 455 g/mol. The lowest BCUT2D eigenvalue weighted by atomic mass is 10.0. The molecule has 5 heteroatoms. The predicted octanol–water partition coefficient (Wildman–Crippen LogP) is 9.15. The molecule has 0 spiro atoms. The molecule has 33 heavy (non-hydrogen) atoms. The maximum absolute atomic E-state index is 9.49. The van der Waals surface area contributed by atoms with E-state index in [1.165, 1.54) is 96.3 Å². The van der Waals surface area contributed by atoms with Crippen LogP contribution in [-0.4, -0.2) is 31.0 Å². The van der Waals surface area contributed by atoms with E-state index >= 15 is 0 Å². The Morgan fingerprint density at radius 1 is 0.727 bits per heavy atom. The van der Waals surface area contributed by atoms with E-state index in [0.717, 1.165) is 18.6 Å². The first-order valence-electron chi connectivity index (χ1n) is 13.4. The number of halogens is 2. The predicted molar refractivity (Wildman–Crippen MR) is 142 cm³/mol. The Morgan fingerprint density at radius 3 is 1.73 bits per heavy atom. The summed E-state index contributed by atoms with van der Waals surface area (Å²) in [6.45, 7) is 3.75. The van der Waals surface area contributed by atoms with Crippen LogP contribution in [0.15, 0.2) is 18.2 Å². The molecule has 1 aromatic rings. The van der Waals surface area contributed by atoms with Crippen LogP contribution in [0.1, 0.15) is 115 Å². The monoisotopic (exact) mass is 502 g/mol. The van der Waals surface area contributed by atoms with Crippen LogP contribution in [0.25, 0.3) is 0 Å². The Bertz CT molecular complexity index is 568. The molecule has 0 aromatic heterocycles. The normalized spacial score (nSPS) is 12.4. The second kappa shape index (κ2) is 22.2. The number of ether oxygens (including phenoxy) is 2. The molecule has 0 radical (unpaired) electrons. The lowest BCUT2D eigenvalue weighted by Crippen LogP contribution is -2.24. The van der Waals surface area contributed by atoms with Crippen molar-refractivity contribution in [1.82, 2.24) is 0 Å². The zero-order valence-electron chi connectivity index (χ0n) is 21.0. The summed E-state index contributed by atoms with van der Waals surface area (Å²) in [7, 11) is 0. The molecule has 0 bridgehead atoms. The van der Waals surface area contributed by atoms with Crippen molar-refractivity contribution in [3.63, 3.8) is 0 Å². The maximum Gasteiger partial charge on any atom is 0.104 e. The van der Waals surface area contributed by atoms with Crippen molar-refractivity contribution in [2.24, 2.45) is 0 Å². The molecule has 1 atom stereocenters. The van der Waals surface area contributed by atoms with Crippen molar-refractivity contribution >= 4 is 23.2 Å². The van der Waals surface area contributed by atoms with Crippen LogP contribution in [0.3, 0.4) is 0 Å². The number of unbranched alkanes of at least 4 members (excludes halogenated alkanes) is 15. The number of aliphatic hydroxyl groups is 1. The first-order valence-corrected chi connectivity index (χ1v) is 14.2. The lowest BCUT2D eigenvalue weighted by Gasteiger charge is -2.16. The summed E-state index contributed by atoms with van der Waals surface area (Å²) in [4.78, 5) is 0. The fourth-order valence-electron chi connectivity index (χ4n) is 3.96. The topological polar surface area (TPSA) is 38.7 Å². The Labute approximate surface area is 213 Å². The molecule has 0 aliphatic heterocycles. The molecule has 0 saturated heterocycles. The molecule has 0 aliphatic rings. The van der Waals surface area contributed by atoms with Gasteiger partial charge in [0.15, 0.2) is 0 Å². The zero-order valence-corrected chi connectivity index (χ0v) is 22.5. The lowest BCUT2D eigenvalue weighted by molar-refractivity contribution is -0.0502. The summed E-state index contributed by atoms with van der Waals surface area (Å²) in [6, 6.07) is 5.42. The van der Waals surface area contributed by atoms with E-state index < -0.39 is 0 Å². The van der Waals surface area contributed by atoms with Crippen molar-refractivity contribution in [2.45, 2.75) is 122 Å². The average Bonchev–Trinajstić information content (AvgIpc) is 2.82. The van der Waals surface area contributed by atoms with Crippen LogP contribution in [0.2, 0.25) is 10.0 Å². The summed E-state index contributed by atoms with van der Waals surface area (Å²) in [6.07, 6.45) is 21.5. The Morgan fingerprint density at radius 2 is 1.24 bits per heavy atom. The Hall–Kier alpha value is -0.320. The molecular formula is C28H48Cl2O3. The van der Waals surface area contributed by atoms with E-state index in [9.17, 15) is 5.11 Å². The van der Waals surface area contributed by atoms with Crippen LogP contribution < -0.4 is 0 Å². The van der Waals surface area contributed by atoms with Gasteiger partial charge in [0.05, 0.1) is 29.9 Å². The third-order valence-corrected chi connectivity index (χ3v) is 6.86. The minimum Gasteiger partial charge on any atom is -0.394 e. The number of hydrogen-bond donors (Lipinski definition) is 1. The van der Waals surface area contributed by atoms with Crippen LogP contribution in [0.4, 0.5) is 0 Å². The third-order valence-electron chi connectivity index (χ3n) is 6.12. The van der Waals surface area contributed by atoms with Gasteiger partial charge in [0, 0.05) is 6.61 Å². The van der Waals surface area contributed by atoms with E-state index in [0.29, 0.717) is 23.3 Å². The Kier molecular flexibility index (Phi) is 20.6. The van der Waals surface area contributed by atoms with Gasteiger partial charge in [0.25, 0.3) is 0 Å². The number of rotatable bonds is 23. The molecule has 1 N–H and O–H groups in total. The van der Waals surface area contributed by atoms with Gasteiger partial charge in [-0.1, -0.05) is 133 Å². The highest BCUT2D eigenvalue weighted by Gasteiger charge is 2.09. The third kappa shape index (κ3) is 17.7. The van der Waals surface area contributed by atoms with Crippen LogP contribution in [0, 0.1) is 0 Å². The molecule has 0 unspecified atom stereocenters. The summed E-state index contributed by atoms with van der Waals surface area (Å²) in [5.74, 6) is 0. The number of benzene rings is 1. The van der Waals surface area contributed by atoms with Crippen LogP contribution >= 0.6 is 23.2 Å². The van der Waals surface area contributed by atoms with Gasteiger partial charge in [-0.05, 0) is 24.1 Å². The molecule has 0 aliphatic carbocycles. The van der Waals surface area contributed by atoms with Crippen molar-refractivity contribution in [3.05, 3.63) is 33.8 Å². The van der Waals surface area contributed by atoms with E-state index in [4.69, 9.17) is 32.7 Å². The molecule has 1 aromatic carbocycles. The molecule has 1 rings (SSSR count). The van der Waals surface area contributed by atoms with Crippen molar-refractivity contribution < 1.29 is 14.6 Å². The van der Waals surface area contributed by atoms with E-state index in [-0.39, 0.29) is 12.7 Å². The summed E-state index contributed by atoms with van der Waals surface area (Å²) in [5.41, 5.74) is 0.931. The average molecular weight is 504 g/mol. The highest BCUT2D eigenvalue weighted by molar-refractivity contribution is 6.42. The number of aliphatic hydroxyl groups excluding tert-OH is 1. The second-order valence-corrected chi connectivity index (χ2v) is 10.1. The van der Waals surface area contributed by atoms with Crippen molar-refractivity contribution in [1.29, 1.82) is 0 Å². The molecule has 192 valence electrons. The van der Waals surface area contributed by atoms with Gasteiger partial charge >= 0.3 is 0 Å². The van der Waals surface area contributed by atoms with Crippen molar-refractivity contribution in [2.75, 3.05) is 19.8 Å². The van der Waals surface area contributed by atoms with Gasteiger partial charge < -0.3 is 14.6 Å². The van der Waals surface area contributed by atoms with Gasteiger partial charge in [-0.25, -0.2) is 0 Å². The molecule has 0 amide bonds. The van der Waals surface area contributed by atoms with Gasteiger partial charge in [-0.3, -0.25) is 0 Å². The highest BCUT2D eigenvalue weighted by Crippen LogP contribution is 2.23. The standard InChI is InChI=1S/C28H48Cl2O3/c1-2-3-4-5-6-7-8-9-10-11-12-13-14-15-16-17-20-32-24-26(22-31)33-23-25-18-19-27(29)28(30)21-25/h18-19,21,26,31H,2-17,20,22-24H2,1H3/t26-/m0/s1. The summed E-state index contributed by atoms with van der Waals surface area (Å²) < 4.78 is 11.4. The largest absolute Gasteiger partial charge is 0.394 e. The molecule has 3 nitrogen and oxygen atoms in total. The van der Waals surface area contributed by atoms with E-state index in [1.807, 2.05) is 6.07 Å². The van der Waals surface area contributed by atoms with Crippen LogP contribution in [0.5, 0.6) is 0 Å². The van der Waals surface area contributed by atoms with Gasteiger partial charge in [-0.15, -0.1) is 0 Å². The van der Waals surface area contributed by atoms with Gasteiger partial charge in [-0.2, -0.15) is 0 Å². The fourth-order valence-corrected chi connectivity index (χ4v) is 4.28. The smallest absolute Gasteiger partial charge is 0.104 e. The van der Waals surface area contributed by atoms with Gasteiger partial charge in [0.2, 0.25) is 0 Å². The number of hydrogen-bond acceptors (Lipinski definition) is 3. The minimum atomic E-state index is -0.319. The fraction of sp³-hybridized carbons (Fsp3) is 0.786. The molecule has 0 heterocycles. The first kappa shape index (κ1) is 30.7. The maximum atomic E-state index is 9.49. The van der Waals surface area contributed by atoms with Crippen LogP contribution in [-0.2, 0) is 16.1 Å². The molecule has 0 saturated carbocycles. The van der Waals surface area contributed by atoms with E-state index in [2.05, 4.69) is 6.92 Å². The summed E-state index contributed by atoms with van der Waals surface area (Å²) in [5, 5.41) is 10.5. The second-order valence-electron chi connectivity index (χ2n) is 9.24. The van der Waals surface area contributed by atoms with Gasteiger partial charge in [0.1, 0.15) is 6.10 Å². The summed E-state index contributed by atoms with van der Waals surface area (Å²) >= 11 is 11.9. The van der Waals surface area contributed by atoms with E-state index in [1.54, 1.807) is 12.1 Å². The Balaban J connectivity index is 1.85. The highest BCUT2D eigenvalue weighted by atomic mass is 35.5. The van der Waals surface area contributed by atoms with Crippen molar-refractivity contribution in [3.8, 4) is 0 Å².